The average Bonchev–Trinajstić information content (AvgIpc) is 2.95. The molecule has 1 saturated carbocycles. The van der Waals surface area contributed by atoms with Crippen LogP contribution in [0.4, 0.5) is 0 Å². The van der Waals surface area contributed by atoms with Gasteiger partial charge in [-0.15, -0.1) is 0 Å². The van der Waals surface area contributed by atoms with E-state index in [0.717, 1.165) is 19.3 Å². The lowest BCUT2D eigenvalue weighted by atomic mass is 10.0. The molecule has 0 aromatic carbocycles. The van der Waals surface area contributed by atoms with E-state index in [1.807, 2.05) is 6.92 Å². The molecule has 0 aliphatic heterocycles. The van der Waals surface area contributed by atoms with Gasteiger partial charge in [-0.05, 0) is 25.2 Å². The van der Waals surface area contributed by atoms with Crippen molar-refractivity contribution < 1.29 is 13.5 Å². The summed E-state index contributed by atoms with van der Waals surface area (Å²) in [5.41, 5.74) is 0. The molecule has 0 spiro atoms. The fourth-order valence-electron chi connectivity index (χ4n) is 1.36. The number of aliphatic hydroxyl groups is 1. The molecule has 1 fully saturated rings. The minimum Gasteiger partial charge on any atom is -0.396 e. The van der Waals surface area contributed by atoms with Gasteiger partial charge in [-0.3, -0.25) is 0 Å². The van der Waals surface area contributed by atoms with Gasteiger partial charge in [0.25, 0.3) is 0 Å². The summed E-state index contributed by atoms with van der Waals surface area (Å²) in [5.74, 6) is 0.258. The molecule has 0 radical (unpaired) electrons. The molecule has 0 amide bonds. The number of hydrogen-bond donors (Lipinski definition) is 2. The monoisotopic (exact) mass is 221 g/mol. The van der Waals surface area contributed by atoms with Gasteiger partial charge in [-0.2, -0.15) is 0 Å². The van der Waals surface area contributed by atoms with Crippen LogP contribution in [-0.2, 0) is 10.0 Å². The van der Waals surface area contributed by atoms with Crippen molar-refractivity contribution in [3.63, 3.8) is 0 Å². The van der Waals surface area contributed by atoms with Crippen molar-refractivity contribution in [2.75, 3.05) is 13.2 Å². The first-order chi connectivity index (χ1) is 6.60. The van der Waals surface area contributed by atoms with Crippen LogP contribution < -0.4 is 4.72 Å². The maximum atomic E-state index is 11.4. The van der Waals surface area contributed by atoms with E-state index in [4.69, 9.17) is 5.11 Å². The maximum absolute atomic E-state index is 11.4. The van der Waals surface area contributed by atoms with E-state index in [-0.39, 0.29) is 17.8 Å². The van der Waals surface area contributed by atoms with Crippen LogP contribution in [0.2, 0.25) is 0 Å². The molecular formula is C9H19NO3S. The third-order valence-electron chi connectivity index (χ3n) is 2.65. The Morgan fingerprint density at radius 1 is 1.50 bits per heavy atom. The van der Waals surface area contributed by atoms with Gasteiger partial charge in [-0.1, -0.05) is 13.3 Å². The van der Waals surface area contributed by atoms with Gasteiger partial charge in [-0.25, -0.2) is 13.1 Å². The first kappa shape index (κ1) is 11.9. The molecule has 0 heterocycles. The molecule has 0 bridgehead atoms. The van der Waals surface area contributed by atoms with Crippen LogP contribution in [0, 0.1) is 5.92 Å². The Labute approximate surface area is 85.8 Å². The first-order valence-corrected chi connectivity index (χ1v) is 6.74. The molecule has 84 valence electrons. The van der Waals surface area contributed by atoms with E-state index in [2.05, 4.69) is 4.72 Å². The van der Waals surface area contributed by atoms with Crippen LogP contribution in [0.5, 0.6) is 0 Å². The largest absolute Gasteiger partial charge is 0.396 e. The van der Waals surface area contributed by atoms with Crippen LogP contribution in [-0.4, -0.2) is 31.9 Å². The number of hydrogen-bond acceptors (Lipinski definition) is 3. The lowest BCUT2D eigenvalue weighted by Gasteiger charge is -2.14. The van der Waals surface area contributed by atoms with Gasteiger partial charge >= 0.3 is 0 Å². The summed E-state index contributed by atoms with van der Waals surface area (Å²) in [6.45, 7) is 2.60. The highest BCUT2D eigenvalue weighted by atomic mass is 32.2. The second kappa shape index (κ2) is 5.09. The SMILES string of the molecule is CCC(CCO)CNS(=O)(=O)C1CC1. The molecule has 0 aromatic heterocycles. The van der Waals surface area contributed by atoms with Gasteiger partial charge in [0.2, 0.25) is 10.0 Å². The predicted octanol–water partition coefficient (Wildman–Crippen LogP) is 0.477. The van der Waals surface area contributed by atoms with Crippen LogP contribution >= 0.6 is 0 Å². The molecule has 2 N–H and O–H groups in total. The van der Waals surface area contributed by atoms with Crippen molar-refractivity contribution in [2.45, 2.75) is 37.9 Å². The molecule has 1 atom stereocenters. The Morgan fingerprint density at radius 2 is 2.14 bits per heavy atom. The predicted molar refractivity (Wildman–Crippen MR) is 55.4 cm³/mol. The Balaban J connectivity index is 2.30. The Bertz CT molecular complexity index is 259. The van der Waals surface area contributed by atoms with E-state index < -0.39 is 10.0 Å². The first-order valence-electron chi connectivity index (χ1n) is 5.19. The highest BCUT2D eigenvalue weighted by Crippen LogP contribution is 2.27. The zero-order chi connectivity index (χ0) is 10.6. The number of nitrogens with one attached hydrogen (secondary N) is 1. The van der Waals surface area contributed by atoms with Gasteiger partial charge in [0.05, 0.1) is 5.25 Å². The molecule has 4 nitrogen and oxygen atoms in total. The van der Waals surface area contributed by atoms with Gasteiger partial charge < -0.3 is 5.11 Å². The lowest BCUT2D eigenvalue weighted by molar-refractivity contribution is 0.254. The quantitative estimate of drug-likeness (QED) is 0.657. The van der Waals surface area contributed by atoms with Crippen LogP contribution in [0.25, 0.3) is 0 Å². The van der Waals surface area contributed by atoms with Crippen molar-refractivity contribution in [2.24, 2.45) is 5.92 Å². The van der Waals surface area contributed by atoms with E-state index in [1.54, 1.807) is 0 Å². The summed E-state index contributed by atoms with van der Waals surface area (Å²) in [5, 5.41) is 8.60. The normalized spacial score (nSPS) is 19.6. The van der Waals surface area contributed by atoms with E-state index in [1.165, 1.54) is 0 Å². The molecule has 1 aliphatic rings. The Morgan fingerprint density at radius 3 is 2.57 bits per heavy atom. The number of rotatable bonds is 7. The minimum atomic E-state index is -3.04. The van der Waals surface area contributed by atoms with Crippen molar-refractivity contribution in [1.29, 1.82) is 0 Å². The Hall–Kier alpha value is -0.130. The summed E-state index contributed by atoms with van der Waals surface area (Å²) < 4.78 is 25.5. The fourth-order valence-corrected chi connectivity index (χ4v) is 2.82. The van der Waals surface area contributed by atoms with Crippen molar-refractivity contribution >= 4 is 10.0 Å². The van der Waals surface area contributed by atoms with Crippen molar-refractivity contribution in [3.05, 3.63) is 0 Å². The van der Waals surface area contributed by atoms with Gasteiger partial charge in [0.15, 0.2) is 0 Å². The third-order valence-corrected chi connectivity index (χ3v) is 4.57. The molecule has 5 heteroatoms. The van der Waals surface area contributed by atoms with Gasteiger partial charge in [0.1, 0.15) is 0 Å². The number of sulfonamides is 1. The van der Waals surface area contributed by atoms with Crippen molar-refractivity contribution in [1.82, 2.24) is 4.72 Å². The second-order valence-corrected chi connectivity index (χ2v) is 5.92. The standard InChI is InChI=1S/C9H19NO3S/c1-2-8(5-6-11)7-10-14(12,13)9-3-4-9/h8-11H,2-7H2,1H3. The van der Waals surface area contributed by atoms with Crippen LogP contribution in [0.3, 0.4) is 0 Å². The maximum Gasteiger partial charge on any atom is 0.214 e. The zero-order valence-corrected chi connectivity index (χ0v) is 9.39. The van der Waals surface area contributed by atoms with Crippen LogP contribution in [0.15, 0.2) is 0 Å². The molecule has 0 saturated heterocycles. The third kappa shape index (κ3) is 3.55. The minimum absolute atomic E-state index is 0.129. The van der Waals surface area contributed by atoms with Gasteiger partial charge in [0, 0.05) is 13.2 Å². The summed E-state index contributed by atoms with van der Waals surface area (Å²) in [6, 6.07) is 0. The van der Waals surface area contributed by atoms with E-state index in [9.17, 15) is 8.42 Å². The smallest absolute Gasteiger partial charge is 0.214 e. The molecule has 1 aliphatic carbocycles. The lowest BCUT2D eigenvalue weighted by Crippen LogP contribution is -2.32. The summed E-state index contributed by atoms with van der Waals surface area (Å²) in [4.78, 5) is 0. The Kier molecular flexibility index (Phi) is 4.34. The van der Waals surface area contributed by atoms with E-state index >= 15 is 0 Å². The summed E-state index contributed by atoms with van der Waals surface area (Å²) in [6.07, 6.45) is 3.16. The number of aliphatic hydroxyl groups excluding tert-OH is 1. The zero-order valence-electron chi connectivity index (χ0n) is 8.57. The summed E-state index contributed by atoms with van der Waals surface area (Å²) in [7, 11) is -3.04. The molecule has 1 unspecified atom stereocenters. The topological polar surface area (TPSA) is 66.4 Å². The summed E-state index contributed by atoms with van der Waals surface area (Å²) >= 11 is 0. The molecule has 0 aromatic rings. The van der Waals surface area contributed by atoms with Crippen molar-refractivity contribution in [3.8, 4) is 0 Å². The molecule has 1 rings (SSSR count). The molecule has 14 heavy (non-hydrogen) atoms. The fraction of sp³-hybridized carbons (Fsp3) is 1.00. The van der Waals surface area contributed by atoms with E-state index in [0.29, 0.717) is 13.0 Å². The average molecular weight is 221 g/mol. The highest BCUT2D eigenvalue weighted by molar-refractivity contribution is 7.90. The highest BCUT2D eigenvalue weighted by Gasteiger charge is 2.35. The molecular weight excluding hydrogens is 202 g/mol. The second-order valence-electron chi connectivity index (χ2n) is 3.88. The van der Waals surface area contributed by atoms with Crippen LogP contribution in [0.1, 0.15) is 32.6 Å².